The molecular weight excluding hydrogens is 338 g/mol. The summed E-state index contributed by atoms with van der Waals surface area (Å²) in [5, 5.41) is 0. The van der Waals surface area contributed by atoms with Crippen LogP contribution in [0.25, 0.3) is 0 Å². The third-order valence-electron chi connectivity index (χ3n) is 5.46. The summed E-state index contributed by atoms with van der Waals surface area (Å²) in [7, 11) is 0. The van der Waals surface area contributed by atoms with E-state index in [2.05, 4.69) is 4.90 Å². The molecule has 0 N–H and O–H groups in total. The fourth-order valence-corrected chi connectivity index (χ4v) is 3.44. The van der Waals surface area contributed by atoms with Gasteiger partial charge < -0.3 is 9.64 Å². The summed E-state index contributed by atoms with van der Waals surface area (Å²) in [4.78, 5) is 27.9. The Morgan fingerprint density at radius 2 is 1.59 bits per heavy atom. The summed E-state index contributed by atoms with van der Waals surface area (Å²) in [5.41, 5.74) is 2.76. The van der Waals surface area contributed by atoms with Gasteiger partial charge in [0.1, 0.15) is 5.78 Å². The van der Waals surface area contributed by atoms with E-state index in [0.29, 0.717) is 12.0 Å². The number of anilines is 1. The largest absolute Gasteiger partial charge is 0.378 e. The molecule has 142 valence electrons. The number of ether oxygens (including phenoxy) is 1. The van der Waals surface area contributed by atoms with Gasteiger partial charge in [-0.25, -0.2) is 0 Å². The topological polar surface area (TPSA) is 46.6 Å². The number of carbonyl (C=O) groups excluding carboxylic acids is 2. The van der Waals surface area contributed by atoms with Gasteiger partial charge in [0.15, 0.2) is 5.78 Å². The van der Waals surface area contributed by atoms with Crippen molar-refractivity contribution in [3.05, 3.63) is 65.2 Å². The molecule has 1 fully saturated rings. The molecule has 0 aliphatic carbocycles. The predicted molar refractivity (Wildman–Crippen MR) is 107 cm³/mol. The minimum Gasteiger partial charge on any atom is -0.378 e. The minimum atomic E-state index is -1.06. The highest BCUT2D eigenvalue weighted by Crippen LogP contribution is 2.30. The van der Waals surface area contributed by atoms with E-state index >= 15 is 0 Å². The number of rotatable bonds is 6. The molecular formula is C23H27NO3. The Bertz CT molecular complexity index is 805. The second kappa shape index (κ2) is 8.05. The molecule has 0 spiro atoms. The lowest BCUT2D eigenvalue weighted by Gasteiger charge is -2.29. The van der Waals surface area contributed by atoms with E-state index in [4.69, 9.17) is 4.74 Å². The maximum Gasteiger partial charge on any atom is 0.176 e. The molecule has 0 aromatic heterocycles. The smallest absolute Gasteiger partial charge is 0.176 e. The molecule has 1 unspecified atom stereocenters. The standard InChI is InChI=1S/C23H27NO3/c1-17-4-6-19(7-5-17)16-23(3,18(2)25)22(26)20-8-10-21(11-9-20)24-12-14-27-15-13-24/h4-11H,12-16H2,1-3H3. The Hall–Kier alpha value is -2.46. The fourth-order valence-electron chi connectivity index (χ4n) is 3.44. The highest BCUT2D eigenvalue weighted by molar-refractivity contribution is 6.13. The van der Waals surface area contributed by atoms with Crippen LogP contribution in [0, 0.1) is 12.3 Å². The first-order valence-electron chi connectivity index (χ1n) is 9.44. The van der Waals surface area contributed by atoms with Gasteiger partial charge in [-0.15, -0.1) is 0 Å². The lowest BCUT2D eigenvalue weighted by molar-refractivity contribution is -0.123. The molecule has 0 saturated carbocycles. The molecule has 0 amide bonds. The van der Waals surface area contributed by atoms with Crippen LogP contribution in [0.4, 0.5) is 5.69 Å². The van der Waals surface area contributed by atoms with Crippen molar-refractivity contribution >= 4 is 17.3 Å². The zero-order valence-electron chi connectivity index (χ0n) is 16.3. The maximum atomic E-state index is 13.2. The number of Topliss-reactive ketones (excluding diaryl/α,β-unsaturated/α-hetero) is 2. The SMILES string of the molecule is CC(=O)C(C)(Cc1ccc(C)cc1)C(=O)c1ccc(N2CCOCC2)cc1. The van der Waals surface area contributed by atoms with Gasteiger partial charge in [-0.3, -0.25) is 9.59 Å². The molecule has 3 rings (SSSR count). The number of aryl methyl sites for hydroxylation is 1. The van der Waals surface area contributed by atoms with Gasteiger partial charge in [-0.2, -0.15) is 0 Å². The average Bonchev–Trinajstić information content (AvgIpc) is 2.70. The second-order valence-electron chi connectivity index (χ2n) is 7.53. The highest BCUT2D eigenvalue weighted by atomic mass is 16.5. The molecule has 1 heterocycles. The Balaban J connectivity index is 1.81. The van der Waals surface area contributed by atoms with Gasteiger partial charge >= 0.3 is 0 Å². The highest BCUT2D eigenvalue weighted by Gasteiger charge is 2.38. The van der Waals surface area contributed by atoms with Gasteiger partial charge in [0.05, 0.1) is 18.6 Å². The van der Waals surface area contributed by atoms with Gasteiger partial charge in [-0.1, -0.05) is 29.8 Å². The van der Waals surface area contributed by atoms with Crippen LogP contribution < -0.4 is 4.90 Å². The van der Waals surface area contributed by atoms with E-state index in [1.54, 1.807) is 6.92 Å². The normalized spacial score (nSPS) is 16.6. The van der Waals surface area contributed by atoms with Gasteiger partial charge in [0.2, 0.25) is 0 Å². The molecule has 27 heavy (non-hydrogen) atoms. The van der Waals surface area contributed by atoms with Crippen molar-refractivity contribution in [3.63, 3.8) is 0 Å². The fraction of sp³-hybridized carbons (Fsp3) is 0.391. The quantitative estimate of drug-likeness (QED) is 0.576. The Kier molecular flexibility index (Phi) is 5.76. The van der Waals surface area contributed by atoms with Crippen molar-refractivity contribution in [2.24, 2.45) is 5.41 Å². The van der Waals surface area contributed by atoms with E-state index in [-0.39, 0.29) is 11.6 Å². The van der Waals surface area contributed by atoms with Gasteiger partial charge in [0.25, 0.3) is 0 Å². The molecule has 2 aromatic carbocycles. The second-order valence-corrected chi connectivity index (χ2v) is 7.53. The first-order chi connectivity index (χ1) is 12.9. The molecule has 0 bridgehead atoms. The number of ketones is 2. The average molecular weight is 365 g/mol. The van der Waals surface area contributed by atoms with Crippen molar-refractivity contribution in [3.8, 4) is 0 Å². The molecule has 4 nitrogen and oxygen atoms in total. The van der Waals surface area contributed by atoms with Crippen molar-refractivity contribution < 1.29 is 14.3 Å². The first kappa shape index (κ1) is 19.3. The van der Waals surface area contributed by atoms with Crippen LogP contribution >= 0.6 is 0 Å². The number of nitrogens with zero attached hydrogens (tertiary/aromatic N) is 1. The van der Waals surface area contributed by atoms with Crippen LogP contribution in [0.3, 0.4) is 0 Å². The lowest BCUT2D eigenvalue weighted by Crippen LogP contribution is -2.37. The van der Waals surface area contributed by atoms with Crippen molar-refractivity contribution in [2.75, 3.05) is 31.2 Å². The Morgan fingerprint density at radius 3 is 2.15 bits per heavy atom. The molecule has 1 atom stereocenters. The third kappa shape index (κ3) is 4.28. The number of carbonyl (C=O) groups is 2. The summed E-state index contributed by atoms with van der Waals surface area (Å²) in [6, 6.07) is 15.6. The van der Waals surface area contributed by atoms with E-state index < -0.39 is 5.41 Å². The monoisotopic (exact) mass is 365 g/mol. The molecule has 1 aliphatic heterocycles. The first-order valence-corrected chi connectivity index (χ1v) is 9.44. The Morgan fingerprint density at radius 1 is 1.00 bits per heavy atom. The number of benzene rings is 2. The van der Waals surface area contributed by atoms with Crippen molar-refractivity contribution in [1.29, 1.82) is 0 Å². The zero-order chi connectivity index (χ0) is 19.4. The van der Waals surface area contributed by atoms with E-state index in [1.165, 1.54) is 6.92 Å². The van der Waals surface area contributed by atoms with Gasteiger partial charge in [0, 0.05) is 24.3 Å². The predicted octanol–water partition coefficient (Wildman–Crippen LogP) is 3.85. The number of hydrogen-bond donors (Lipinski definition) is 0. The summed E-state index contributed by atoms with van der Waals surface area (Å²) in [5.74, 6) is -0.227. The summed E-state index contributed by atoms with van der Waals surface area (Å²) >= 11 is 0. The zero-order valence-corrected chi connectivity index (χ0v) is 16.3. The van der Waals surface area contributed by atoms with Crippen molar-refractivity contribution in [2.45, 2.75) is 27.2 Å². The number of hydrogen-bond acceptors (Lipinski definition) is 4. The molecule has 2 aromatic rings. The van der Waals surface area contributed by atoms with Crippen LogP contribution in [0.2, 0.25) is 0 Å². The van der Waals surface area contributed by atoms with Crippen LogP contribution in [-0.4, -0.2) is 37.9 Å². The molecule has 0 radical (unpaired) electrons. The molecule has 1 saturated heterocycles. The summed E-state index contributed by atoms with van der Waals surface area (Å²) < 4.78 is 5.38. The lowest BCUT2D eigenvalue weighted by atomic mass is 9.74. The van der Waals surface area contributed by atoms with Gasteiger partial charge in [-0.05, 0) is 57.0 Å². The molecule has 4 heteroatoms. The van der Waals surface area contributed by atoms with Crippen LogP contribution in [0.1, 0.15) is 35.3 Å². The van der Waals surface area contributed by atoms with E-state index in [9.17, 15) is 9.59 Å². The maximum absolute atomic E-state index is 13.2. The van der Waals surface area contributed by atoms with Crippen LogP contribution in [0.5, 0.6) is 0 Å². The number of morpholine rings is 1. The third-order valence-corrected chi connectivity index (χ3v) is 5.46. The Labute approximate surface area is 161 Å². The summed E-state index contributed by atoms with van der Waals surface area (Å²) in [6.07, 6.45) is 0.409. The molecule has 1 aliphatic rings. The van der Waals surface area contributed by atoms with Crippen LogP contribution in [-0.2, 0) is 16.0 Å². The van der Waals surface area contributed by atoms with Crippen molar-refractivity contribution in [1.82, 2.24) is 0 Å². The summed E-state index contributed by atoms with van der Waals surface area (Å²) in [6.45, 7) is 8.44. The van der Waals surface area contributed by atoms with E-state index in [0.717, 1.165) is 43.1 Å². The van der Waals surface area contributed by atoms with E-state index in [1.807, 2.05) is 55.5 Å². The van der Waals surface area contributed by atoms with Crippen LogP contribution in [0.15, 0.2) is 48.5 Å². The minimum absolute atomic E-state index is 0.106.